The molecule has 14 aromatic rings. The predicted octanol–water partition coefficient (Wildman–Crippen LogP) is 43.7. The molecule has 0 heterocycles. The number of hydrogen-bond acceptors (Lipinski definition) is 1. The molecule has 0 saturated carbocycles. The van der Waals surface area contributed by atoms with Gasteiger partial charge in [-0.05, 0) is 212 Å². The summed E-state index contributed by atoms with van der Waals surface area (Å²) in [6, 6.07) is 140. The maximum atomic E-state index is 12.0. The van der Waals surface area contributed by atoms with E-state index in [4.69, 9.17) is 0 Å². The van der Waals surface area contributed by atoms with Gasteiger partial charge in [0.15, 0.2) is 44.1 Å². The highest BCUT2D eigenvalue weighted by molar-refractivity contribution is 7.97. The Morgan fingerprint density at radius 2 is 0.270 bits per heavy atom. The highest BCUT2D eigenvalue weighted by atomic mass is 32.2. The summed E-state index contributed by atoms with van der Waals surface area (Å²) in [6.45, 7) is 71.2. The lowest BCUT2D eigenvalue weighted by Gasteiger charge is -2.08. The van der Waals surface area contributed by atoms with Gasteiger partial charge >= 0.3 is 0 Å². The maximum absolute atomic E-state index is 12.0. The molecule has 137 heavy (non-hydrogen) atoms. The first-order chi connectivity index (χ1) is 64.2. The second kappa shape index (κ2) is 121. The first-order valence-corrected chi connectivity index (χ1v) is 54.5. The Morgan fingerprint density at radius 1 is 0.161 bits per heavy atom. The van der Waals surface area contributed by atoms with Crippen molar-refractivity contribution in [3.05, 3.63) is 439 Å². The first-order valence-electron chi connectivity index (χ1n) is 49.7. The van der Waals surface area contributed by atoms with Crippen molar-refractivity contribution in [1.82, 2.24) is 0 Å². The van der Waals surface area contributed by atoms with Crippen LogP contribution in [0, 0.1) is 6.92 Å². The van der Waals surface area contributed by atoms with E-state index in [-0.39, 0.29) is 85.7 Å². The van der Waals surface area contributed by atoms with E-state index in [1.165, 1.54) is 83.0 Å². The topological polar surface area (TPSA) is 17.1 Å². The largest absolute Gasteiger partial charge is 0.249 e. The van der Waals surface area contributed by atoms with Crippen LogP contribution in [0.5, 0.6) is 0 Å². The molecule has 0 aliphatic heterocycles. The molecule has 761 valence electrons. The zero-order valence-corrected chi connectivity index (χ0v) is 92.2. The summed E-state index contributed by atoms with van der Waals surface area (Å²) >= 11 is 0. The molecule has 14 aromatic carbocycles. The fourth-order valence-corrected chi connectivity index (χ4v) is 18.0. The van der Waals surface area contributed by atoms with Crippen LogP contribution in [0.15, 0.2) is 454 Å². The van der Waals surface area contributed by atoms with Crippen LogP contribution in [0.25, 0.3) is 0 Å². The predicted molar refractivity (Wildman–Crippen MR) is 647 cm³/mol. The van der Waals surface area contributed by atoms with Gasteiger partial charge in [-0.2, -0.15) is 0 Å². The van der Waals surface area contributed by atoms with Crippen LogP contribution in [0.1, 0.15) is 319 Å². The van der Waals surface area contributed by atoms with E-state index in [0.717, 1.165) is 48.3 Å². The molecule has 0 unspecified atom stereocenters. The molecule has 0 spiro atoms. The quantitative estimate of drug-likeness (QED) is 0.0656. The summed E-state index contributed by atoms with van der Waals surface area (Å²) in [5.74, 6) is 0. The van der Waals surface area contributed by atoms with Crippen LogP contribution < -0.4 is 0 Å². The Kier molecular flexibility index (Phi) is 139. The number of benzene rings is 14. The second-order valence-electron chi connectivity index (χ2n) is 23.7. The van der Waals surface area contributed by atoms with E-state index in [2.05, 4.69) is 376 Å². The van der Waals surface area contributed by atoms with Gasteiger partial charge in [-0.3, -0.25) is 0 Å². The highest BCUT2D eigenvalue weighted by Gasteiger charge is 2.30. The summed E-state index contributed by atoms with van der Waals surface area (Å²) in [7, 11) is -1.12. The molecular weight excluding hydrogens is 1730 g/mol. The van der Waals surface area contributed by atoms with Crippen molar-refractivity contribution in [3.63, 3.8) is 0 Å². The lowest BCUT2D eigenvalue weighted by Crippen LogP contribution is -2.04. The van der Waals surface area contributed by atoms with Gasteiger partial charge < -0.3 is 0 Å². The van der Waals surface area contributed by atoms with Crippen LogP contribution in [0.2, 0.25) is 0 Å². The smallest absolute Gasteiger partial charge is 0.166 e. The molecule has 0 aromatic heterocycles. The van der Waals surface area contributed by atoms with Gasteiger partial charge in [-0.25, -0.2) is 4.21 Å². The summed E-state index contributed by atoms with van der Waals surface area (Å²) in [6.07, 6.45) is 6.68. The lowest BCUT2D eigenvalue weighted by molar-refractivity contribution is 0.683. The molecule has 0 aliphatic carbocycles. The van der Waals surface area contributed by atoms with Crippen molar-refractivity contribution >= 4 is 51.9 Å². The van der Waals surface area contributed by atoms with Crippen LogP contribution in [-0.2, 0) is 82.0 Å². The van der Waals surface area contributed by atoms with Gasteiger partial charge in [0.2, 0.25) is 0 Å². The van der Waals surface area contributed by atoms with Gasteiger partial charge in [0.05, 0.1) is 43.5 Å². The minimum Gasteiger partial charge on any atom is -0.249 e. The average molecular weight is 1940 g/mol. The Bertz CT molecular complexity index is 3970. The van der Waals surface area contributed by atoms with E-state index < -0.39 is 10.8 Å². The van der Waals surface area contributed by atoms with Gasteiger partial charge in [0, 0.05) is 18.2 Å². The number of rotatable bonds is 17. The Balaban J connectivity index is -0.000000104. The van der Waals surface area contributed by atoms with E-state index in [0.29, 0.717) is 0 Å². The van der Waals surface area contributed by atoms with E-state index in [1.54, 1.807) is 0 Å². The van der Waals surface area contributed by atoms with Crippen molar-refractivity contribution < 1.29 is 4.21 Å². The molecule has 0 saturated heterocycles. The molecule has 0 fully saturated rings. The van der Waals surface area contributed by atoms with E-state index in [1.807, 2.05) is 267 Å². The van der Waals surface area contributed by atoms with Gasteiger partial charge in [-0.15, -0.1) is 0 Å². The molecule has 6 heteroatoms. The van der Waals surface area contributed by atoms with Gasteiger partial charge in [0.25, 0.3) is 0 Å². The van der Waals surface area contributed by atoms with Crippen LogP contribution in [-0.4, -0.2) is 12.6 Å². The van der Waals surface area contributed by atoms with E-state index in [9.17, 15) is 4.21 Å². The molecule has 3 radical (unpaired) electrons. The third-order valence-electron chi connectivity index (χ3n) is 16.5. The third kappa shape index (κ3) is 70.6. The number of hydrogen-bond donors (Lipinski definition) is 0. The molecule has 0 aliphatic rings. The van der Waals surface area contributed by atoms with Crippen molar-refractivity contribution in [2.45, 2.75) is 379 Å². The average Bonchev–Trinajstić information content (AvgIpc) is 0.822. The normalized spacial score (nSPS) is 8.31. The van der Waals surface area contributed by atoms with Crippen molar-refractivity contribution in [1.29, 1.82) is 0 Å². The minimum atomic E-state index is -1.05. The lowest BCUT2D eigenvalue weighted by atomic mass is 10.1. The molecule has 0 atom stereocenters. The molecule has 0 N–H and O–H groups in total. The number of aryl methyl sites for hydroxylation is 7. The van der Waals surface area contributed by atoms with Crippen molar-refractivity contribution in [2.24, 2.45) is 0 Å². The second-order valence-corrected chi connectivity index (χ2v) is 31.3. The Labute approximate surface area is 867 Å². The molecule has 14 rings (SSSR count). The zero-order chi connectivity index (χ0) is 99.6. The molecule has 1 nitrogen and oxygen atoms in total. The summed E-state index contributed by atoms with van der Waals surface area (Å²) in [5, 5.41) is 0. The summed E-state index contributed by atoms with van der Waals surface area (Å²) in [4.78, 5) is 14.0. The van der Waals surface area contributed by atoms with E-state index >= 15 is 0 Å². The SMILES string of the molecule is C.C.C.C.C.C.CC.CC.CC.CC.CC.CC.CC.CC.CC.CC.CC.CC.CC.CC.CCc1ccc(C)cc1.CCc1ccc([S+](c2ccccc2)c2ccccc2)cc1.CCc1ccc([S+](c2ccccc2)c2ccccc2)cc1.CCc1ccc([S+](c2ccccc2)c2ccccc2)cc1.CCc1ccccc1.CCc1ccccc1.O=S(c1ccccc1)c1ccccc1.[B]. The first kappa shape index (κ1) is 158. The fraction of sp³-hybridized carbons (Fsp3) is 0.359. The monoisotopic (exact) mass is 1940 g/mol. The Hall–Kier alpha value is -9.66. The Morgan fingerprint density at radius 3 is 0.401 bits per heavy atom. The minimum absolute atomic E-state index is 0. The molecular formula is C131H207BOS4+3. The zero-order valence-electron chi connectivity index (χ0n) is 89.0. The molecule has 0 bridgehead atoms. The van der Waals surface area contributed by atoms with Gasteiger partial charge in [0.1, 0.15) is 0 Å². The van der Waals surface area contributed by atoms with Gasteiger partial charge in [-0.1, -0.05) is 552 Å². The van der Waals surface area contributed by atoms with Crippen molar-refractivity contribution in [3.8, 4) is 0 Å². The summed E-state index contributed by atoms with van der Waals surface area (Å²) in [5.41, 5.74) is 9.75. The summed E-state index contributed by atoms with van der Waals surface area (Å²) < 4.78 is 12.0. The van der Waals surface area contributed by atoms with Crippen LogP contribution in [0.4, 0.5) is 0 Å². The van der Waals surface area contributed by atoms with Crippen molar-refractivity contribution in [2.75, 3.05) is 0 Å². The van der Waals surface area contributed by atoms with Crippen LogP contribution in [0.3, 0.4) is 0 Å². The third-order valence-corrected chi connectivity index (χ3v) is 24.6. The fourth-order valence-electron chi connectivity index (χ4n) is 10.6. The maximum Gasteiger partial charge on any atom is 0.166 e. The molecule has 0 amide bonds. The highest BCUT2D eigenvalue weighted by Crippen LogP contribution is 2.34. The standard InChI is InChI=1S/3C20H19S.C12H10OS.C9H12.2C8H10.14C2H6.6CH4.B/c3*1-2-17-13-15-20(16-14-17)21(18-9-5-3-6-10-18)19-11-7-4-8-12-19;13-14(11-7-3-1-4-8-11)12-9-5-2-6-10-12;1-3-9-6-4-8(2)5-7-9;2*1-2-8-6-4-3-5-7-8;14*1-2;;;;;;;/h3*3-16H,2H2,1H3;1-10H;4-7H,3H2,1-2H3;2*3-7H,2H2,1H3;14*1-2H3;6*1H4;/q3*+1;;;;;;;;;;;;;;;;;;;;;;;;;. The van der Waals surface area contributed by atoms with Crippen LogP contribution >= 0.6 is 0 Å².